The summed E-state index contributed by atoms with van der Waals surface area (Å²) in [4.78, 5) is 13.4. The lowest BCUT2D eigenvalue weighted by Gasteiger charge is -2.17. The Morgan fingerprint density at radius 1 is 1.47 bits per heavy atom. The fourth-order valence-corrected chi connectivity index (χ4v) is 1.51. The molecule has 0 N–H and O–H groups in total. The van der Waals surface area contributed by atoms with Crippen LogP contribution in [0, 0.1) is 0 Å². The van der Waals surface area contributed by atoms with Gasteiger partial charge in [-0.2, -0.15) is 0 Å². The van der Waals surface area contributed by atoms with Gasteiger partial charge in [0.25, 0.3) is 0 Å². The van der Waals surface area contributed by atoms with E-state index in [1.807, 2.05) is 12.1 Å². The number of carbonyl (C=O) groups is 1. The Kier molecular flexibility index (Phi) is 4.63. The Labute approximate surface area is 95.8 Å². The minimum atomic E-state index is 0.138. The average molecular weight is 226 g/mol. The molecule has 1 aromatic carbocycles. The van der Waals surface area contributed by atoms with E-state index in [2.05, 4.69) is 6.92 Å². The summed E-state index contributed by atoms with van der Waals surface area (Å²) in [6.45, 7) is 2.08. The molecule has 2 nitrogen and oxygen atoms in total. The van der Waals surface area contributed by atoms with Crippen molar-refractivity contribution in [1.29, 1.82) is 0 Å². The first kappa shape index (κ1) is 12.1. The second kappa shape index (κ2) is 5.76. The summed E-state index contributed by atoms with van der Waals surface area (Å²) >= 11 is 5.86. The van der Waals surface area contributed by atoms with Crippen LogP contribution in [0.25, 0.3) is 0 Å². The number of hydrogen-bond donors (Lipinski definition) is 0. The fraction of sp³-hybridized carbons (Fsp3) is 0.417. The summed E-state index contributed by atoms with van der Waals surface area (Å²) in [6, 6.07) is 7.33. The number of amides is 1. The average Bonchev–Trinajstić information content (AvgIpc) is 2.24. The summed E-state index contributed by atoms with van der Waals surface area (Å²) in [5.41, 5.74) is 0.851. The van der Waals surface area contributed by atoms with E-state index in [0.29, 0.717) is 11.4 Å². The Balaban J connectivity index is 2.67. The maximum atomic E-state index is 11.7. The monoisotopic (exact) mass is 225 g/mol. The number of benzene rings is 1. The highest BCUT2D eigenvalue weighted by atomic mass is 35.5. The van der Waals surface area contributed by atoms with Crippen LogP contribution in [0.1, 0.15) is 26.2 Å². The molecule has 0 atom stereocenters. The van der Waals surface area contributed by atoms with Gasteiger partial charge in [-0.05, 0) is 24.6 Å². The van der Waals surface area contributed by atoms with Crippen LogP contribution < -0.4 is 4.90 Å². The number of nitrogens with zero attached hydrogens (tertiary/aromatic N) is 1. The third kappa shape index (κ3) is 3.56. The zero-order valence-electron chi connectivity index (χ0n) is 9.16. The molecular formula is C12H16ClNO. The normalized spacial score (nSPS) is 10.1. The molecule has 0 saturated heterocycles. The van der Waals surface area contributed by atoms with Gasteiger partial charge in [0, 0.05) is 24.2 Å². The molecule has 0 fully saturated rings. The molecule has 0 aliphatic rings. The van der Waals surface area contributed by atoms with Gasteiger partial charge in [-0.25, -0.2) is 0 Å². The van der Waals surface area contributed by atoms with E-state index in [4.69, 9.17) is 11.6 Å². The summed E-state index contributed by atoms with van der Waals surface area (Å²) < 4.78 is 0. The fourth-order valence-electron chi connectivity index (χ4n) is 1.32. The van der Waals surface area contributed by atoms with Gasteiger partial charge in [0.15, 0.2) is 0 Å². The molecule has 0 saturated carbocycles. The number of carbonyl (C=O) groups excluding carboxylic acids is 1. The van der Waals surface area contributed by atoms with Crippen LogP contribution in [0.15, 0.2) is 24.3 Å². The number of rotatable bonds is 4. The van der Waals surface area contributed by atoms with Crippen molar-refractivity contribution in [3.63, 3.8) is 0 Å². The van der Waals surface area contributed by atoms with Crippen LogP contribution in [0.4, 0.5) is 5.69 Å². The molecule has 3 heteroatoms. The molecule has 0 aliphatic carbocycles. The molecule has 0 heterocycles. The van der Waals surface area contributed by atoms with Crippen molar-refractivity contribution in [2.75, 3.05) is 11.9 Å². The molecule has 1 aromatic rings. The zero-order valence-corrected chi connectivity index (χ0v) is 9.92. The minimum Gasteiger partial charge on any atom is -0.315 e. The maximum Gasteiger partial charge on any atom is 0.226 e. The molecule has 0 unspecified atom stereocenters. The van der Waals surface area contributed by atoms with Crippen molar-refractivity contribution >= 4 is 23.2 Å². The Hall–Kier alpha value is -1.02. The summed E-state index contributed by atoms with van der Waals surface area (Å²) in [5, 5.41) is 0.655. The van der Waals surface area contributed by atoms with Crippen molar-refractivity contribution in [1.82, 2.24) is 0 Å². The van der Waals surface area contributed by atoms with Crippen LogP contribution in [0.2, 0.25) is 5.02 Å². The van der Waals surface area contributed by atoms with Gasteiger partial charge >= 0.3 is 0 Å². The van der Waals surface area contributed by atoms with Crippen LogP contribution in [-0.4, -0.2) is 13.0 Å². The SMILES string of the molecule is CCCCC(=O)N(C)c1cccc(Cl)c1. The third-order valence-corrected chi connectivity index (χ3v) is 2.55. The number of anilines is 1. The molecular weight excluding hydrogens is 210 g/mol. The van der Waals surface area contributed by atoms with Crippen LogP contribution in [0.3, 0.4) is 0 Å². The molecule has 0 aliphatic heterocycles. The molecule has 1 rings (SSSR count). The minimum absolute atomic E-state index is 0.138. The van der Waals surface area contributed by atoms with Crippen molar-refractivity contribution in [3.8, 4) is 0 Å². The number of unbranched alkanes of at least 4 members (excludes halogenated alkanes) is 1. The van der Waals surface area contributed by atoms with E-state index in [9.17, 15) is 4.79 Å². The van der Waals surface area contributed by atoms with Crippen molar-refractivity contribution < 1.29 is 4.79 Å². The van der Waals surface area contributed by atoms with E-state index >= 15 is 0 Å². The lowest BCUT2D eigenvalue weighted by molar-refractivity contribution is -0.118. The van der Waals surface area contributed by atoms with Crippen molar-refractivity contribution in [2.45, 2.75) is 26.2 Å². The van der Waals surface area contributed by atoms with Gasteiger partial charge in [-0.15, -0.1) is 0 Å². The lowest BCUT2D eigenvalue weighted by atomic mass is 10.2. The van der Waals surface area contributed by atoms with E-state index in [1.165, 1.54) is 0 Å². The van der Waals surface area contributed by atoms with Gasteiger partial charge < -0.3 is 4.90 Å². The quantitative estimate of drug-likeness (QED) is 0.768. The Morgan fingerprint density at radius 3 is 2.80 bits per heavy atom. The standard InChI is InChI=1S/C12H16ClNO/c1-3-4-8-12(15)14(2)11-7-5-6-10(13)9-11/h5-7,9H,3-4,8H2,1-2H3. The van der Waals surface area contributed by atoms with E-state index in [-0.39, 0.29) is 5.91 Å². The van der Waals surface area contributed by atoms with Gasteiger partial charge in [0.2, 0.25) is 5.91 Å². The van der Waals surface area contributed by atoms with Crippen LogP contribution in [-0.2, 0) is 4.79 Å². The zero-order chi connectivity index (χ0) is 11.3. The summed E-state index contributed by atoms with van der Waals surface area (Å²) in [7, 11) is 1.78. The lowest BCUT2D eigenvalue weighted by Crippen LogP contribution is -2.25. The molecule has 0 radical (unpaired) electrons. The second-order valence-electron chi connectivity index (χ2n) is 3.54. The number of hydrogen-bond acceptors (Lipinski definition) is 1. The highest BCUT2D eigenvalue weighted by Crippen LogP contribution is 2.19. The van der Waals surface area contributed by atoms with Gasteiger partial charge in [-0.1, -0.05) is 31.0 Å². The molecule has 0 spiro atoms. The molecule has 0 aromatic heterocycles. The maximum absolute atomic E-state index is 11.7. The summed E-state index contributed by atoms with van der Waals surface area (Å²) in [6.07, 6.45) is 2.57. The first-order chi connectivity index (χ1) is 7.15. The van der Waals surface area contributed by atoms with E-state index in [1.54, 1.807) is 24.1 Å². The largest absolute Gasteiger partial charge is 0.315 e. The molecule has 15 heavy (non-hydrogen) atoms. The first-order valence-electron chi connectivity index (χ1n) is 5.17. The smallest absolute Gasteiger partial charge is 0.226 e. The number of halogens is 1. The third-order valence-electron chi connectivity index (χ3n) is 2.31. The van der Waals surface area contributed by atoms with Gasteiger partial charge in [0.05, 0.1) is 0 Å². The van der Waals surface area contributed by atoms with Crippen LogP contribution >= 0.6 is 11.6 Å². The topological polar surface area (TPSA) is 20.3 Å². The van der Waals surface area contributed by atoms with Crippen LogP contribution in [0.5, 0.6) is 0 Å². The summed E-state index contributed by atoms with van der Waals surface area (Å²) in [5.74, 6) is 0.138. The highest BCUT2D eigenvalue weighted by Gasteiger charge is 2.09. The molecule has 0 bridgehead atoms. The second-order valence-corrected chi connectivity index (χ2v) is 3.97. The van der Waals surface area contributed by atoms with Gasteiger partial charge in [-0.3, -0.25) is 4.79 Å². The van der Waals surface area contributed by atoms with Gasteiger partial charge in [0.1, 0.15) is 0 Å². The predicted octanol–water partition coefficient (Wildman–Crippen LogP) is 3.49. The first-order valence-corrected chi connectivity index (χ1v) is 5.55. The highest BCUT2D eigenvalue weighted by molar-refractivity contribution is 6.30. The van der Waals surface area contributed by atoms with E-state index in [0.717, 1.165) is 18.5 Å². The Bertz CT molecular complexity index is 338. The Morgan fingerprint density at radius 2 is 2.20 bits per heavy atom. The molecule has 1 amide bonds. The van der Waals surface area contributed by atoms with Crippen molar-refractivity contribution in [2.24, 2.45) is 0 Å². The predicted molar refractivity (Wildman–Crippen MR) is 64.4 cm³/mol. The molecule has 82 valence electrons. The van der Waals surface area contributed by atoms with E-state index < -0.39 is 0 Å². The van der Waals surface area contributed by atoms with Crippen molar-refractivity contribution in [3.05, 3.63) is 29.3 Å².